The molecule has 3 aromatic rings. The van der Waals surface area contributed by atoms with Crippen LogP contribution in [-0.2, 0) is 16.0 Å². The first-order valence-electron chi connectivity index (χ1n) is 7.16. The van der Waals surface area contributed by atoms with Gasteiger partial charge in [-0.05, 0) is 24.3 Å². The number of phenolic OH excluding ortho intramolecular Hbond substituents is 1. The fourth-order valence-corrected chi connectivity index (χ4v) is 2.71. The van der Waals surface area contributed by atoms with E-state index in [1.54, 1.807) is 24.3 Å². The van der Waals surface area contributed by atoms with E-state index in [1.165, 1.54) is 18.4 Å². The van der Waals surface area contributed by atoms with E-state index in [9.17, 15) is 14.7 Å². The first-order chi connectivity index (χ1) is 11.5. The van der Waals surface area contributed by atoms with Crippen molar-refractivity contribution in [2.45, 2.75) is 6.42 Å². The van der Waals surface area contributed by atoms with Gasteiger partial charge in [-0.25, -0.2) is 0 Å². The van der Waals surface area contributed by atoms with E-state index in [4.69, 9.17) is 9.15 Å². The lowest BCUT2D eigenvalue weighted by atomic mass is 10.1. The molecule has 0 aliphatic heterocycles. The number of aromatic hydroxyl groups is 1. The third kappa shape index (κ3) is 3.65. The summed E-state index contributed by atoms with van der Waals surface area (Å²) in [6, 6.07) is 11.5. The number of carbonyl (C=O) groups is 2. The summed E-state index contributed by atoms with van der Waals surface area (Å²) in [6.45, 7) is -0.314. The summed E-state index contributed by atoms with van der Waals surface area (Å²) in [6.07, 6.45) is 1.44. The number of furan rings is 1. The van der Waals surface area contributed by atoms with Crippen molar-refractivity contribution < 1.29 is 23.8 Å². The Balaban J connectivity index is 1.62. The molecule has 2 aromatic carbocycles. The molecular weight excluding hydrogens is 376 g/mol. The highest BCUT2D eigenvalue weighted by molar-refractivity contribution is 9.10. The van der Waals surface area contributed by atoms with Crippen LogP contribution in [0.3, 0.4) is 0 Å². The molecular formula is C18H13BrO5. The highest BCUT2D eigenvalue weighted by atomic mass is 79.9. The van der Waals surface area contributed by atoms with E-state index < -0.39 is 5.97 Å². The van der Waals surface area contributed by atoms with Crippen LogP contribution in [0.1, 0.15) is 15.9 Å². The summed E-state index contributed by atoms with van der Waals surface area (Å²) in [7, 11) is 0. The Hall–Kier alpha value is -2.60. The summed E-state index contributed by atoms with van der Waals surface area (Å²) >= 11 is 3.29. The maximum Gasteiger partial charge on any atom is 0.310 e. The highest BCUT2D eigenvalue weighted by Crippen LogP contribution is 2.25. The topological polar surface area (TPSA) is 76.7 Å². The van der Waals surface area contributed by atoms with Gasteiger partial charge >= 0.3 is 5.97 Å². The first-order valence-corrected chi connectivity index (χ1v) is 7.96. The van der Waals surface area contributed by atoms with Crippen LogP contribution in [0, 0.1) is 0 Å². The minimum absolute atomic E-state index is 0.0104. The molecule has 0 saturated heterocycles. The lowest BCUT2D eigenvalue weighted by Crippen LogP contribution is -2.15. The van der Waals surface area contributed by atoms with Crippen molar-refractivity contribution >= 4 is 38.7 Å². The number of ether oxygens (including phenoxy) is 1. The molecule has 0 bridgehead atoms. The highest BCUT2D eigenvalue weighted by Gasteiger charge is 2.14. The van der Waals surface area contributed by atoms with E-state index >= 15 is 0 Å². The van der Waals surface area contributed by atoms with Crippen LogP contribution in [0.25, 0.3) is 11.0 Å². The van der Waals surface area contributed by atoms with Crippen LogP contribution in [0.15, 0.2) is 57.6 Å². The van der Waals surface area contributed by atoms with Gasteiger partial charge in [0.15, 0.2) is 12.4 Å². The van der Waals surface area contributed by atoms with Gasteiger partial charge in [-0.15, -0.1) is 0 Å². The van der Waals surface area contributed by atoms with Gasteiger partial charge in [-0.2, -0.15) is 0 Å². The van der Waals surface area contributed by atoms with E-state index in [1.807, 2.05) is 6.07 Å². The number of ketones is 1. The van der Waals surface area contributed by atoms with Crippen LogP contribution >= 0.6 is 15.9 Å². The summed E-state index contributed by atoms with van der Waals surface area (Å²) in [5, 5.41) is 10.1. The summed E-state index contributed by atoms with van der Waals surface area (Å²) in [5.41, 5.74) is 1.61. The SMILES string of the molecule is O=C(Cc1coc2cc(O)ccc12)OCC(=O)c1cccc(Br)c1. The van der Waals surface area contributed by atoms with Crippen LogP contribution < -0.4 is 0 Å². The molecule has 0 saturated carbocycles. The van der Waals surface area contributed by atoms with Gasteiger partial charge in [-0.1, -0.05) is 28.1 Å². The number of carbonyl (C=O) groups excluding carboxylic acids is 2. The predicted octanol–water partition coefficient (Wildman–Crippen LogP) is 3.87. The van der Waals surface area contributed by atoms with Gasteiger partial charge in [0.25, 0.3) is 0 Å². The second-order valence-corrected chi connectivity index (χ2v) is 6.13. The van der Waals surface area contributed by atoms with Gasteiger partial charge in [-0.3, -0.25) is 9.59 Å². The minimum atomic E-state index is -0.519. The van der Waals surface area contributed by atoms with Crippen LogP contribution in [0.2, 0.25) is 0 Å². The van der Waals surface area contributed by atoms with Crippen molar-refractivity contribution in [2.75, 3.05) is 6.61 Å². The Morgan fingerprint density at radius 2 is 2.00 bits per heavy atom. The quantitative estimate of drug-likeness (QED) is 0.530. The summed E-state index contributed by atoms with van der Waals surface area (Å²) < 4.78 is 11.1. The van der Waals surface area contributed by atoms with Crippen molar-refractivity contribution in [3.63, 3.8) is 0 Å². The molecule has 1 N–H and O–H groups in total. The van der Waals surface area contributed by atoms with Crippen LogP contribution in [0.4, 0.5) is 0 Å². The maximum absolute atomic E-state index is 12.0. The third-order valence-electron chi connectivity index (χ3n) is 3.48. The second kappa shape index (κ2) is 6.88. The number of esters is 1. The molecule has 1 aromatic heterocycles. The molecule has 0 atom stereocenters. The summed E-state index contributed by atoms with van der Waals surface area (Å²) in [4.78, 5) is 24.0. The molecule has 122 valence electrons. The number of phenols is 1. The van der Waals surface area contributed by atoms with Crippen molar-refractivity contribution in [2.24, 2.45) is 0 Å². The molecule has 0 aliphatic rings. The number of rotatable bonds is 5. The lowest BCUT2D eigenvalue weighted by molar-refractivity contribution is -0.141. The molecule has 0 spiro atoms. The first kappa shape index (κ1) is 16.3. The van der Waals surface area contributed by atoms with Gasteiger partial charge in [0.1, 0.15) is 11.3 Å². The number of hydrogen-bond acceptors (Lipinski definition) is 5. The zero-order valence-electron chi connectivity index (χ0n) is 12.5. The minimum Gasteiger partial charge on any atom is -0.508 e. The molecule has 0 aliphatic carbocycles. The fourth-order valence-electron chi connectivity index (χ4n) is 2.31. The van der Waals surface area contributed by atoms with Gasteiger partial charge < -0.3 is 14.3 Å². The van der Waals surface area contributed by atoms with Crippen LogP contribution in [-0.4, -0.2) is 23.5 Å². The number of benzene rings is 2. The average Bonchev–Trinajstić information content (AvgIpc) is 2.94. The van der Waals surface area contributed by atoms with Crippen molar-refractivity contribution in [3.8, 4) is 5.75 Å². The molecule has 24 heavy (non-hydrogen) atoms. The zero-order chi connectivity index (χ0) is 17.1. The smallest absolute Gasteiger partial charge is 0.310 e. The van der Waals surface area contributed by atoms with E-state index in [0.717, 1.165) is 9.86 Å². The molecule has 0 unspecified atom stereocenters. The Labute approximate surface area is 146 Å². The lowest BCUT2D eigenvalue weighted by Gasteiger charge is -2.04. The monoisotopic (exact) mass is 388 g/mol. The Morgan fingerprint density at radius 3 is 2.79 bits per heavy atom. The molecule has 0 fully saturated rings. The number of Topliss-reactive ketones (excluding diaryl/α,β-unsaturated/α-hetero) is 1. The third-order valence-corrected chi connectivity index (χ3v) is 3.98. The molecule has 5 nitrogen and oxygen atoms in total. The largest absolute Gasteiger partial charge is 0.508 e. The molecule has 3 rings (SSSR count). The number of hydrogen-bond donors (Lipinski definition) is 1. The van der Waals surface area contributed by atoms with E-state index in [0.29, 0.717) is 16.7 Å². The Bertz CT molecular complexity index is 913. The van der Waals surface area contributed by atoms with Gasteiger partial charge in [0, 0.05) is 27.1 Å². The fraction of sp³-hybridized carbons (Fsp3) is 0.111. The van der Waals surface area contributed by atoms with Crippen molar-refractivity contribution in [1.29, 1.82) is 0 Å². The standard InChI is InChI=1S/C18H13BrO5/c19-13-3-1-2-11(6-13)16(21)10-24-18(22)7-12-9-23-17-8-14(20)4-5-15(12)17/h1-6,8-9,20H,7,10H2. The normalized spacial score (nSPS) is 10.7. The second-order valence-electron chi connectivity index (χ2n) is 5.21. The zero-order valence-corrected chi connectivity index (χ0v) is 14.1. The molecule has 0 radical (unpaired) electrons. The average molecular weight is 389 g/mol. The number of fused-ring (bicyclic) bond motifs is 1. The number of halogens is 1. The Morgan fingerprint density at radius 1 is 1.17 bits per heavy atom. The van der Waals surface area contributed by atoms with Crippen LogP contribution in [0.5, 0.6) is 5.75 Å². The van der Waals surface area contributed by atoms with Crippen molar-refractivity contribution in [3.05, 3.63) is 64.3 Å². The molecule has 1 heterocycles. The van der Waals surface area contributed by atoms with Gasteiger partial charge in [0.2, 0.25) is 0 Å². The van der Waals surface area contributed by atoms with Crippen molar-refractivity contribution in [1.82, 2.24) is 0 Å². The maximum atomic E-state index is 12.0. The van der Waals surface area contributed by atoms with Gasteiger partial charge in [0.05, 0.1) is 12.7 Å². The van der Waals surface area contributed by atoms with E-state index in [2.05, 4.69) is 15.9 Å². The Kier molecular flexibility index (Phi) is 4.66. The molecule has 0 amide bonds. The molecule has 6 heteroatoms. The van der Waals surface area contributed by atoms with E-state index in [-0.39, 0.29) is 24.6 Å². The predicted molar refractivity (Wildman–Crippen MR) is 91.0 cm³/mol. The summed E-state index contributed by atoms with van der Waals surface area (Å²) in [5.74, 6) is -0.702.